The molecule has 1 aromatic heterocycles. The molecule has 2 aliphatic heterocycles. The highest BCUT2D eigenvalue weighted by Crippen LogP contribution is 2.33. The maximum absolute atomic E-state index is 11.3. The first-order valence-corrected chi connectivity index (χ1v) is 7.56. The number of rotatable bonds is 3. The monoisotopic (exact) mass is 308 g/mol. The Morgan fingerprint density at radius 1 is 1.05 bits per heavy atom. The summed E-state index contributed by atoms with van der Waals surface area (Å²) in [7, 11) is 0. The van der Waals surface area contributed by atoms with Gasteiger partial charge < -0.3 is 20.3 Å². The van der Waals surface area contributed by atoms with Gasteiger partial charge in [-0.15, -0.1) is 0 Å². The molecule has 2 fully saturated rings. The van der Waals surface area contributed by atoms with E-state index >= 15 is 0 Å². The van der Waals surface area contributed by atoms with Crippen LogP contribution in [0.4, 0.5) is 23.3 Å². The van der Waals surface area contributed by atoms with E-state index in [2.05, 4.69) is 9.97 Å². The number of piperidine rings is 1. The highest BCUT2D eigenvalue weighted by molar-refractivity contribution is 5.71. The molecule has 9 nitrogen and oxygen atoms in total. The molecule has 0 amide bonds. The summed E-state index contributed by atoms with van der Waals surface area (Å²) in [6, 6.07) is 0. The number of nitrogen functional groups attached to an aromatic ring is 1. The summed E-state index contributed by atoms with van der Waals surface area (Å²) in [5.41, 5.74) is 5.65. The minimum Gasteiger partial charge on any atom is -0.378 e. The van der Waals surface area contributed by atoms with Crippen LogP contribution in [0.2, 0.25) is 0 Å². The first-order valence-electron chi connectivity index (χ1n) is 7.56. The average Bonchev–Trinajstić information content (AvgIpc) is 2.55. The van der Waals surface area contributed by atoms with Gasteiger partial charge in [0.05, 0.1) is 18.1 Å². The van der Waals surface area contributed by atoms with Crippen LogP contribution in [0.25, 0.3) is 0 Å². The normalized spacial score (nSPS) is 19.3. The molecular weight excluding hydrogens is 288 g/mol. The summed E-state index contributed by atoms with van der Waals surface area (Å²) in [5, 5.41) is 11.3. The summed E-state index contributed by atoms with van der Waals surface area (Å²) < 4.78 is 5.30. The maximum Gasteiger partial charge on any atom is 0.353 e. The van der Waals surface area contributed by atoms with Crippen LogP contribution in [-0.4, -0.2) is 54.3 Å². The SMILES string of the molecule is Nc1nc(N2CCCCC2)nc(N2CCOCC2)c1[N+](=O)[O-]. The Balaban J connectivity index is 1.99. The van der Waals surface area contributed by atoms with Crippen LogP contribution in [0.3, 0.4) is 0 Å². The Kier molecular flexibility index (Phi) is 4.23. The standard InChI is InChI=1S/C13H20N6O3/c14-11-10(19(20)21)12(17-6-8-22-9-7-17)16-13(15-11)18-4-2-1-3-5-18/h1-9H2,(H2,14,15,16). The Bertz CT molecular complexity index is 555. The molecule has 2 saturated heterocycles. The van der Waals surface area contributed by atoms with Crippen LogP contribution in [-0.2, 0) is 4.74 Å². The minimum absolute atomic E-state index is 0.0675. The van der Waals surface area contributed by atoms with E-state index in [9.17, 15) is 10.1 Å². The summed E-state index contributed by atoms with van der Waals surface area (Å²) in [6.45, 7) is 3.91. The topological polar surface area (TPSA) is 111 Å². The molecule has 0 spiro atoms. The Hall–Kier alpha value is -2.16. The van der Waals surface area contributed by atoms with E-state index in [1.54, 1.807) is 0 Å². The highest BCUT2D eigenvalue weighted by atomic mass is 16.6. The fourth-order valence-corrected chi connectivity index (χ4v) is 2.85. The molecule has 0 aromatic carbocycles. The molecule has 2 aliphatic rings. The van der Waals surface area contributed by atoms with Gasteiger partial charge in [-0.25, -0.2) is 0 Å². The smallest absolute Gasteiger partial charge is 0.353 e. The number of anilines is 3. The number of ether oxygens (including phenoxy) is 1. The largest absolute Gasteiger partial charge is 0.378 e. The van der Waals surface area contributed by atoms with Gasteiger partial charge in [0.2, 0.25) is 17.6 Å². The molecule has 0 unspecified atom stereocenters. The summed E-state index contributed by atoms with van der Waals surface area (Å²) >= 11 is 0. The zero-order valence-electron chi connectivity index (χ0n) is 12.4. The van der Waals surface area contributed by atoms with E-state index in [1.165, 1.54) is 6.42 Å². The van der Waals surface area contributed by atoms with E-state index in [0.29, 0.717) is 38.1 Å². The fourth-order valence-electron chi connectivity index (χ4n) is 2.85. The van der Waals surface area contributed by atoms with Crippen molar-refractivity contribution in [2.75, 3.05) is 54.9 Å². The lowest BCUT2D eigenvalue weighted by atomic mass is 10.1. The first-order chi connectivity index (χ1) is 10.7. The van der Waals surface area contributed by atoms with Gasteiger partial charge in [-0.3, -0.25) is 10.1 Å². The minimum atomic E-state index is -0.500. The van der Waals surface area contributed by atoms with Crippen molar-refractivity contribution in [1.82, 2.24) is 9.97 Å². The predicted molar refractivity (Wildman–Crippen MR) is 82.2 cm³/mol. The molecule has 0 bridgehead atoms. The zero-order valence-corrected chi connectivity index (χ0v) is 12.4. The maximum atomic E-state index is 11.3. The van der Waals surface area contributed by atoms with E-state index in [0.717, 1.165) is 25.9 Å². The van der Waals surface area contributed by atoms with Crippen LogP contribution in [0.1, 0.15) is 19.3 Å². The van der Waals surface area contributed by atoms with Gasteiger partial charge in [-0.05, 0) is 19.3 Å². The van der Waals surface area contributed by atoms with Crippen LogP contribution in [0.5, 0.6) is 0 Å². The highest BCUT2D eigenvalue weighted by Gasteiger charge is 2.29. The number of nitro groups is 1. The third-order valence-electron chi connectivity index (χ3n) is 4.01. The molecule has 0 saturated carbocycles. The van der Waals surface area contributed by atoms with Crippen LogP contribution in [0.15, 0.2) is 0 Å². The van der Waals surface area contributed by atoms with Crippen molar-refractivity contribution in [3.05, 3.63) is 10.1 Å². The van der Waals surface area contributed by atoms with Crippen molar-refractivity contribution in [3.63, 3.8) is 0 Å². The lowest BCUT2D eigenvalue weighted by Gasteiger charge is -2.30. The molecule has 0 atom stereocenters. The number of aromatic nitrogens is 2. The lowest BCUT2D eigenvalue weighted by molar-refractivity contribution is -0.383. The van der Waals surface area contributed by atoms with Gasteiger partial charge in [0.1, 0.15) is 0 Å². The van der Waals surface area contributed by atoms with Crippen LogP contribution in [0, 0.1) is 10.1 Å². The quantitative estimate of drug-likeness (QED) is 0.644. The molecule has 22 heavy (non-hydrogen) atoms. The Morgan fingerprint density at radius 3 is 2.36 bits per heavy atom. The van der Waals surface area contributed by atoms with E-state index in [4.69, 9.17) is 10.5 Å². The molecule has 1 aromatic rings. The van der Waals surface area contributed by atoms with Gasteiger partial charge in [0, 0.05) is 26.2 Å². The van der Waals surface area contributed by atoms with Gasteiger partial charge in [0.25, 0.3) is 0 Å². The van der Waals surface area contributed by atoms with Crippen molar-refractivity contribution in [1.29, 1.82) is 0 Å². The summed E-state index contributed by atoms with van der Waals surface area (Å²) in [6.07, 6.45) is 3.34. The molecule has 0 aliphatic carbocycles. The van der Waals surface area contributed by atoms with Crippen molar-refractivity contribution in [3.8, 4) is 0 Å². The van der Waals surface area contributed by atoms with Crippen molar-refractivity contribution >= 4 is 23.3 Å². The first kappa shape index (κ1) is 14.8. The Labute approximate surface area is 128 Å². The number of hydrogen-bond donors (Lipinski definition) is 1. The van der Waals surface area contributed by atoms with Crippen LogP contribution >= 0.6 is 0 Å². The summed E-state index contributed by atoms with van der Waals surface area (Å²) in [5.74, 6) is 0.729. The fraction of sp³-hybridized carbons (Fsp3) is 0.692. The molecule has 9 heteroatoms. The molecule has 3 heterocycles. The van der Waals surface area contributed by atoms with Gasteiger partial charge in [-0.2, -0.15) is 9.97 Å². The van der Waals surface area contributed by atoms with E-state index in [-0.39, 0.29) is 11.5 Å². The van der Waals surface area contributed by atoms with E-state index < -0.39 is 4.92 Å². The van der Waals surface area contributed by atoms with Gasteiger partial charge >= 0.3 is 5.69 Å². The Morgan fingerprint density at radius 2 is 1.73 bits per heavy atom. The second kappa shape index (κ2) is 6.30. The van der Waals surface area contributed by atoms with Crippen molar-refractivity contribution in [2.24, 2.45) is 0 Å². The number of hydrogen-bond acceptors (Lipinski definition) is 8. The van der Waals surface area contributed by atoms with Crippen molar-refractivity contribution < 1.29 is 9.66 Å². The number of nitrogens with two attached hydrogens (primary N) is 1. The predicted octanol–water partition coefficient (Wildman–Crippen LogP) is 0.794. The van der Waals surface area contributed by atoms with Crippen LogP contribution < -0.4 is 15.5 Å². The molecule has 0 radical (unpaired) electrons. The second-order valence-electron chi connectivity index (χ2n) is 5.49. The van der Waals surface area contributed by atoms with E-state index in [1.807, 2.05) is 9.80 Å². The van der Waals surface area contributed by atoms with Crippen molar-refractivity contribution in [2.45, 2.75) is 19.3 Å². The lowest BCUT2D eigenvalue weighted by Crippen LogP contribution is -2.38. The van der Waals surface area contributed by atoms with Gasteiger partial charge in [-0.1, -0.05) is 0 Å². The molecular formula is C13H20N6O3. The average molecular weight is 308 g/mol. The third kappa shape index (κ3) is 2.89. The number of morpholine rings is 1. The molecule has 2 N–H and O–H groups in total. The third-order valence-corrected chi connectivity index (χ3v) is 4.01. The van der Waals surface area contributed by atoms with Gasteiger partial charge in [0.15, 0.2) is 0 Å². The second-order valence-corrected chi connectivity index (χ2v) is 5.49. The zero-order chi connectivity index (χ0) is 15.5. The molecule has 3 rings (SSSR count). The number of nitrogens with zero attached hydrogens (tertiary/aromatic N) is 5. The molecule has 120 valence electrons. The summed E-state index contributed by atoms with van der Waals surface area (Å²) in [4.78, 5) is 23.4.